The predicted octanol–water partition coefficient (Wildman–Crippen LogP) is 1.71. The van der Waals surface area contributed by atoms with Crippen LogP contribution in [0.5, 0.6) is 0 Å². The Balaban J connectivity index is 1.61. The van der Waals surface area contributed by atoms with E-state index in [1.807, 2.05) is 0 Å². The van der Waals surface area contributed by atoms with Gasteiger partial charge in [0.05, 0.1) is 17.8 Å². The third-order valence-electron chi connectivity index (χ3n) is 4.39. The number of β-amino-alcohol motifs (C(OH)–C–C–N with tert-alkyl or cyclic N) is 1. The first-order chi connectivity index (χ1) is 10.2. The number of carbonyl (C=O) groups is 1. The molecule has 3 rings (SSSR count). The number of nitrogens with zero attached hydrogens (tertiary/aromatic N) is 1. The number of aryl methyl sites for hydroxylation is 1. The van der Waals surface area contributed by atoms with Crippen molar-refractivity contribution in [1.29, 1.82) is 0 Å². The predicted molar refractivity (Wildman–Crippen MR) is 83.6 cm³/mol. The van der Waals surface area contributed by atoms with Gasteiger partial charge in [-0.1, -0.05) is 19.8 Å². The molecule has 5 nitrogen and oxygen atoms in total. The molecule has 1 aromatic rings. The molecule has 2 heterocycles. The second-order valence-electron chi connectivity index (χ2n) is 6.13. The van der Waals surface area contributed by atoms with Crippen molar-refractivity contribution in [3.05, 3.63) is 10.6 Å². The van der Waals surface area contributed by atoms with E-state index in [-0.39, 0.29) is 11.9 Å². The number of amides is 1. The summed E-state index contributed by atoms with van der Waals surface area (Å²) >= 11 is 1.62. The normalized spacial score (nSPS) is 28.4. The summed E-state index contributed by atoms with van der Waals surface area (Å²) in [6, 6.07) is -0.297. The average Bonchev–Trinajstić information content (AvgIpc) is 3.04. The summed E-state index contributed by atoms with van der Waals surface area (Å²) in [5, 5.41) is 16.1. The van der Waals surface area contributed by atoms with Crippen LogP contribution in [0.3, 0.4) is 0 Å². The largest absolute Gasteiger partial charge is 0.392 e. The van der Waals surface area contributed by atoms with E-state index in [2.05, 4.69) is 22.5 Å². The second-order valence-corrected chi connectivity index (χ2v) is 7.21. The zero-order chi connectivity index (χ0) is 14.8. The lowest BCUT2D eigenvalue weighted by atomic mass is 9.88. The molecule has 0 aromatic carbocycles. The Hall–Kier alpha value is -0.980. The molecule has 0 bridgehead atoms. The summed E-state index contributed by atoms with van der Waals surface area (Å²) in [6.07, 6.45) is 5.94. The van der Waals surface area contributed by atoms with Crippen molar-refractivity contribution in [3.63, 3.8) is 0 Å². The van der Waals surface area contributed by atoms with Crippen molar-refractivity contribution < 1.29 is 9.90 Å². The van der Waals surface area contributed by atoms with Gasteiger partial charge in [-0.05, 0) is 31.6 Å². The number of anilines is 1. The smallest absolute Gasteiger partial charge is 0.243 e. The van der Waals surface area contributed by atoms with Crippen LogP contribution in [0, 0.1) is 5.92 Å². The lowest BCUT2D eigenvalue weighted by Gasteiger charge is -2.19. The highest BCUT2D eigenvalue weighted by Crippen LogP contribution is 2.34. The Morgan fingerprint density at radius 1 is 1.57 bits per heavy atom. The quantitative estimate of drug-likeness (QED) is 0.791. The number of nitrogens with one attached hydrogen (secondary N) is 2. The zero-order valence-corrected chi connectivity index (χ0v) is 13.2. The van der Waals surface area contributed by atoms with Crippen molar-refractivity contribution >= 4 is 22.4 Å². The molecule has 3 N–H and O–H groups in total. The summed E-state index contributed by atoms with van der Waals surface area (Å²) in [4.78, 5) is 18.0. The number of hydrogen-bond donors (Lipinski definition) is 3. The highest BCUT2D eigenvalue weighted by atomic mass is 32.1. The summed E-state index contributed by atoms with van der Waals surface area (Å²) < 4.78 is 0. The number of hydrogen-bond acceptors (Lipinski definition) is 5. The lowest BCUT2D eigenvalue weighted by molar-refractivity contribution is -0.117. The summed E-state index contributed by atoms with van der Waals surface area (Å²) in [6.45, 7) is 2.72. The maximum atomic E-state index is 12.1. The molecule has 1 amide bonds. The van der Waals surface area contributed by atoms with Gasteiger partial charge in [-0.15, -0.1) is 11.3 Å². The van der Waals surface area contributed by atoms with Crippen LogP contribution in [-0.2, 0) is 17.6 Å². The topological polar surface area (TPSA) is 74.2 Å². The van der Waals surface area contributed by atoms with Gasteiger partial charge in [0.15, 0.2) is 5.13 Å². The molecular weight excluding hydrogens is 286 g/mol. The molecule has 0 spiro atoms. The molecule has 1 aromatic heterocycles. The Labute approximate surface area is 129 Å². The number of aliphatic hydroxyl groups excluding tert-OH is 1. The van der Waals surface area contributed by atoms with Crippen LogP contribution in [0.2, 0.25) is 0 Å². The minimum atomic E-state index is -0.417. The van der Waals surface area contributed by atoms with Gasteiger partial charge in [0.2, 0.25) is 5.91 Å². The first kappa shape index (κ1) is 14.9. The molecule has 3 unspecified atom stereocenters. The van der Waals surface area contributed by atoms with Crippen LogP contribution in [0.1, 0.15) is 43.2 Å². The van der Waals surface area contributed by atoms with Crippen LogP contribution in [0.15, 0.2) is 0 Å². The van der Waals surface area contributed by atoms with Gasteiger partial charge in [0.1, 0.15) is 0 Å². The molecule has 1 aliphatic carbocycles. The number of aromatic nitrogens is 1. The number of carbonyl (C=O) groups excluding carboxylic acids is 1. The molecule has 2 aliphatic rings. The van der Waals surface area contributed by atoms with Gasteiger partial charge in [-0.2, -0.15) is 0 Å². The Morgan fingerprint density at radius 3 is 3.14 bits per heavy atom. The Morgan fingerprint density at radius 2 is 2.43 bits per heavy atom. The van der Waals surface area contributed by atoms with Gasteiger partial charge in [0, 0.05) is 11.4 Å². The molecule has 1 saturated heterocycles. The maximum absolute atomic E-state index is 12.1. The lowest BCUT2D eigenvalue weighted by Crippen LogP contribution is -2.35. The van der Waals surface area contributed by atoms with Crippen molar-refractivity contribution in [2.24, 2.45) is 5.92 Å². The van der Waals surface area contributed by atoms with Gasteiger partial charge in [-0.25, -0.2) is 4.98 Å². The van der Waals surface area contributed by atoms with Gasteiger partial charge in [-0.3, -0.25) is 4.79 Å². The number of thiazole rings is 1. The fraction of sp³-hybridized carbons (Fsp3) is 0.733. The number of rotatable bonds is 4. The molecule has 1 fully saturated rings. The first-order valence-electron chi connectivity index (χ1n) is 7.86. The van der Waals surface area contributed by atoms with Crippen molar-refractivity contribution in [3.8, 4) is 0 Å². The molecule has 3 atom stereocenters. The van der Waals surface area contributed by atoms with E-state index in [9.17, 15) is 9.90 Å². The van der Waals surface area contributed by atoms with E-state index in [1.54, 1.807) is 11.3 Å². The van der Waals surface area contributed by atoms with Gasteiger partial charge in [0.25, 0.3) is 0 Å². The molecular formula is C15H23N3O2S. The van der Waals surface area contributed by atoms with Crippen molar-refractivity contribution in [1.82, 2.24) is 10.3 Å². The van der Waals surface area contributed by atoms with E-state index in [0.717, 1.165) is 18.8 Å². The fourth-order valence-corrected chi connectivity index (χ4v) is 4.39. The Bertz CT molecular complexity index is 517. The third-order valence-corrected chi connectivity index (χ3v) is 5.43. The van der Waals surface area contributed by atoms with E-state index < -0.39 is 6.10 Å². The van der Waals surface area contributed by atoms with E-state index >= 15 is 0 Å². The van der Waals surface area contributed by atoms with E-state index in [1.165, 1.54) is 29.8 Å². The van der Waals surface area contributed by atoms with Crippen LogP contribution < -0.4 is 10.6 Å². The van der Waals surface area contributed by atoms with Gasteiger partial charge < -0.3 is 15.7 Å². The first-order valence-corrected chi connectivity index (χ1v) is 8.68. The minimum absolute atomic E-state index is 0.0808. The third kappa shape index (κ3) is 3.44. The minimum Gasteiger partial charge on any atom is -0.392 e. The molecule has 0 saturated carbocycles. The fourth-order valence-electron chi connectivity index (χ4n) is 3.26. The SMILES string of the molecule is CCCC1CCc2nc(NC(=O)C3CC(O)CN3)sc2C1. The highest BCUT2D eigenvalue weighted by molar-refractivity contribution is 7.15. The standard InChI is InChI=1S/C15H23N3O2S/c1-2-3-9-4-5-11-13(6-9)21-15(17-11)18-14(20)12-7-10(19)8-16-12/h9-10,12,16,19H,2-8H2,1H3,(H,17,18,20). The Kier molecular flexibility index (Phi) is 4.57. The second kappa shape index (κ2) is 6.42. The molecule has 0 radical (unpaired) electrons. The van der Waals surface area contributed by atoms with Crippen LogP contribution in [-0.4, -0.2) is 34.7 Å². The van der Waals surface area contributed by atoms with Crippen LogP contribution in [0.25, 0.3) is 0 Å². The molecule has 21 heavy (non-hydrogen) atoms. The molecule has 6 heteroatoms. The number of fused-ring (bicyclic) bond motifs is 1. The van der Waals surface area contributed by atoms with Crippen molar-refractivity contribution in [2.45, 2.75) is 57.6 Å². The van der Waals surface area contributed by atoms with E-state index in [0.29, 0.717) is 18.1 Å². The zero-order valence-electron chi connectivity index (χ0n) is 12.4. The van der Waals surface area contributed by atoms with E-state index in [4.69, 9.17) is 0 Å². The summed E-state index contributed by atoms with van der Waals surface area (Å²) in [5.41, 5.74) is 1.17. The highest BCUT2D eigenvalue weighted by Gasteiger charge is 2.29. The summed E-state index contributed by atoms with van der Waals surface area (Å²) in [5.74, 6) is 0.695. The van der Waals surface area contributed by atoms with Crippen LogP contribution >= 0.6 is 11.3 Å². The average molecular weight is 309 g/mol. The van der Waals surface area contributed by atoms with Crippen LogP contribution in [0.4, 0.5) is 5.13 Å². The maximum Gasteiger partial charge on any atom is 0.243 e. The number of aliphatic hydroxyl groups is 1. The molecule has 116 valence electrons. The van der Waals surface area contributed by atoms with Gasteiger partial charge >= 0.3 is 0 Å². The summed E-state index contributed by atoms with van der Waals surface area (Å²) in [7, 11) is 0. The monoisotopic (exact) mass is 309 g/mol. The van der Waals surface area contributed by atoms with Crippen molar-refractivity contribution in [2.75, 3.05) is 11.9 Å². The molecule has 1 aliphatic heterocycles.